The third-order valence-electron chi connectivity index (χ3n) is 1.46. The Morgan fingerprint density at radius 3 is 2.21 bits per heavy atom. The van der Waals surface area contributed by atoms with Gasteiger partial charge >= 0.3 is 11.9 Å². The molecule has 0 N–H and O–H groups in total. The summed E-state index contributed by atoms with van der Waals surface area (Å²) in [6.45, 7) is 8.56. The summed E-state index contributed by atoms with van der Waals surface area (Å²) < 4.78 is 9.18. The van der Waals surface area contributed by atoms with Crippen molar-refractivity contribution < 1.29 is 19.1 Å². The summed E-state index contributed by atoms with van der Waals surface area (Å²) in [5.74, 6) is -0.959. The van der Waals surface area contributed by atoms with Crippen LogP contribution in [0.1, 0.15) is 13.3 Å². The Labute approximate surface area is 83.2 Å². The Morgan fingerprint density at radius 2 is 1.79 bits per heavy atom. The van der Waals surface area contributed by atoms with E-state index in [1.165, 1.54) is 7.11 Å². The lowest BCUT2D eigenvalue weighted by Gasteiger charge is -2.05. The van der Waals surface area contributed by atoms with E-state index in [0.29, 0.717) is 5.57 Å². The van der Waals surface area contributed by atoms with Gasteiger partial charge in [-0.1, -0.05) is 13.2 Å². The maximum Gasteiger partial charge on any atom is 0.333 e. The average molecular weight is 198 g/mol. The maximum absolute atomic E-state index is 10.9. The minimum absolute atomic E-state index is 0.111. The predicted octanol–water partition coefficient (Wildman–Crippen LogP) is 1.22. The summed E-state index contributed by atoms with van der Waals surface area (Å²) in [6.07, 6.45) is 0.270. The van der Waals surface area contributed by atoms with Crippen LogP contribution in [-0.2, 0) is 19.1 Å². The van der Waals surface area contributed by atoms with Gasteiger partial charge in [-0.05, 0) is 6.92 Å². The van der Waals surface area contributed by atoms with Crippen molar-refractivity contribution in [1.82, 2.24) is 0 Å². The molecule has 0 atom stereocenters. The van der Waals surface area contributed by atoms with E-state index in [9.17, 15) is 9.59 Å². The third-order valence-corrected chi connectivity index (χ3v) is 1.46. The molecule has 0 rings (SSSR count). The second kappa shape index (κ2) is 5.96. The quantitative estimate of drug-likeness (QED) is 0.492. The van der Waals surface area contributed by atoms with Crippen LogP contribution < -0.4 is 0 Å². The molecule has 4 heteroatoms. The first kappa shape index (κ1) is 12.4. The fourth-order valence-electron chi connectivity index (χ4n) is 0.637. The van der Waals surface area contributed by atoms with Crippen LogP contribution in [0, 0.1) is 0 Å². The van der Waals surface area contributed by atoms with E-state index in [4.69, 9.17) is 4.74 Å². The lowest BCUT2D eigenvalue weighted by atomic mass is 10.2. The molecule has 14 heavy (non-hydrogen) atoms. The van der Waals surface area contributed by atoms with Crippen molar-refractivity contribution in [3.05, 3.63) is 24.3 Å². The molecule has 0 saturated heterocycles. The van der Waals surface area contributed by atoms with Crippen LogP contribution in [0.3, 0.4) is 0 Å². The average Bonchev–Trinajstić information content (AvgIpc) is 2.15. The molecule has 78 valence electrons. The molecule has 0 aromatic carbocycles. The number of esters is 2. The van der Waals surface area contributed by atoms with Gasteiger partial charge in [-0.25, -0.2) is 9.59 Å². The van der Waals surface area contributed by atoms with Crippen molar-refractivity contribution in [2.75, 3.05) is 13.7 Å². The van der Waals surface area contributed by atoms with Crippen molar-refractivity contribution in [3.8, 4) is 0 Å². The smallest absolute Gasteiger partial charge is 0.333 e. The summed E-state index contributed by atoms with van der Waals surface area (Å²) >= 11 is 0. The van der Waals surface area contributed by atoms with E-state index < -0.39 is 11.9 Å². The molecule has 0 radical (unpaired) electrons. The van der Waals surface area contributed by atoms with Gasteiger partial charge in [0.05, 0.1) is 13.7 Å². The van der Waals surface area contributed by atoms with Gasteiger partial charge in [0.15, 0.2) is 0 Å². The molecule has 0 fully saturated rings. The number of hydrogen-bond acceptors (Lipinski definition) is 4. The molecule has 0 aromatic rings. The Hall–Kier alpha value is -1.58. The fourth-order valence-corrected chi connectivity index (χ4v) is 0.637. The van der Waals surface area contributed by atoms with Crippen LogP contribution in [0.2, 0.25) is 0 Å². The first-order chi connectivity index (χ1) is 6.49. The largest absolute Gasteiger partial charge is 0.466 e. The van der Waals surface area contributed by atoms with Gasteiger partial charge in [0, 0.05) is 17.6 Å². The third kappa shape index (κ3) is 4.45. The van der Waals surface area contributed by atoms with Crippen molar-refractivity contribution in [3.63, 3.8) is 0 Å². The van der Waals surface area contributed by atoms with Gasteiger partial charge < -0.3 is 9.47 Å². The highest BCUT2D eigenvalue weighted by Gasteiger charge is 2.08. The number of ether oxygens (including phenoxy) is 2. The van der Waals surface area contributed by atoms with Crippen molar-refractivity contribution in [2.45, 2.75) is 13.3 Å². The van der Waals surface area contributed by atoms with Crippen LogP contribution in [0.25, 0.3) is 0 Å². The number of carbonyl (C=O) groups excluding carboxylic acids is 2. The molecule has 4 nitrogen and oxygen atoms in total. The second-order valence-electron chi connectivity index (χ2n) is 2.76. The summed E-state index contributed by atoms with van der Waals surface area (Å²) in [7, 11) is 1.27. The Morgan fingerprint density at radius 1 is 1.21 bits per heavy atom. The van der Waals surface area contributed by atoms with E-state index in [1.807, 2.05) is 0 Å². The molecule has 0 saturated carbocycles. The summed E-state index contributed by atoms with van der Waals surface area (Å²) in [5, 5.41) is 0. The van der Waals surface area contributed by atoms with E-state index in [-0.39, 0.29) is 18.6 Å². The standard InChI is InChI=1S/C10H14O4/c1-7(2)9(11)14-6-5-8(3)10(12)13-4/h1,3,5-6H2,2,4H3. The highest BCUT2D eigenvalue weighted by molar-refractivity contribution is 5.88. The van der Waals surface area contributed by atoms with Crippen LogP contribution >= 0.6 is 0 Å². The van der Waals surface area contributed by atoms with Crippen molar-refractivity contribution in [2.24, 2.45) is 0 Å². The van der Waals surface area contributed by atoms with Crippen LogP contribution in [0.5, 0.6) is 0 Å². The fraction of sp³-hybridized carbons (Fsp3) is 0.400. The Bertz CT molecular complexity index is 265. The Kier molecular flexibility index (Phi) is 5.29. The van der Waals surface area contributed by atoms with Gasteiger partial charge in [0.25, 0.3) is 0 Å². The lowest BCUT2D eigenvalue weighted by Crippen LogP contribution is -2.10. The first-order valence-corrected chi connectivity index (χ1v) is 4.07. The van der Waals surface area contributed by atoms with Crippen LogP contribution in [-0.4, -0.2) is 25.7 Å². The molecule has 0 bridgehead atoms. The zero-order chi connectivity index (χ0) is 11.1. The van der Waals surface area contributed by atoms with E-state index in [0.717, 1.165) is 0 Å². The van der Waals surface area contributed by atoms with E-state index in [2.05, 4.69) is 17.9 Å². The molecular weight excluding hydrogens is 184 g/mol. The van der Waals surface area contributed by atoms with Gasteiger partial charge in [-0.2, -0.15) is 0 Å². The SMILES string of the molecule is C=C(C)C(=O)OCCC(=C)C(=O)OC. The molecule has 0 aliphatic heterocycles. The lowest BCUT2D eigenvalue weighted by molar-refractivity contribution is -0.140. The molecule has 0 aromatic heterocycles. The molecule has 0 unspecified atom stereocenters. The highest BCUT2D eigenvalue weighted by Crippen LogP contribution is 2.02. The molecule has 0 heterocycles. The molecule has 0 amide bonds. The molecule has 0 aliphatic carbocycles. The van der Waals surface area contributed by atoms with Crippen LogP contribution in [0.15, 0.2) is 24.3 Å². The van der Waals surface area contributed by atoms with Crippen molar-refractivity contribution in [1.29, 1.82) is 0 Å². The number of rotatable bonds is 5. The monoisotopic (exact) mass is 198 g/mol. The number of hydrogen-bond donors (Lipinski definition) is 0. The first-order valence-electron chi connectivity index (χ1n) is 4.07. The molecular formula is C10H14O4. The Balaban J connectivity index is 3.75. The minimum Gasteiger partial charge on any atom is -0.466 e. The second-order valence-corrected chi connectivity index (χ2v) is 2.76. The topological polar surface area (TPSA) is 52.6 Å². The molecule has 0 spiro atoms. The van der Waals surface area contributed by atoms with Crippen molar-refractivity contribution >= 4 is 11.9 Å². The zero-order valence-electron chi connectivity index (χ0n) is 8.46. The minimum atomic E-state index is -0.489. The number of carbonyl (C=O) groups is 2. The van der Waals surface area contributed by atoms with Gasteiger partial charge in [-0.3, -0.25) is 0 Å². The van der Waals surface area contributed by atoms with Crippen LogP contribution in [0.4, 0.5) is 0 Å². The van der Waals surface area contributed by atoms with Gasteiger partial charge in [0.2, 0.25) is 0 Å². The van der Waals surface area contributed by atoms with E-state index in [1.54, 1.807) is 6.92 Å². The van der Waals surface area contributed by atoms with Gasteiger partial charge in [-0.15, -0.1) is 0 Å². The zero-order valence-corrected chi connectivity index (χ0v) is 8.46. The number of methoxy groups -OCH3 is 1. The van der Waals surface area contributed by atoms with Gasteiger partial charge in [0.1, 0.15) is 0 Å². The summed E-state index contributed by atoms with van der Waals surface area (Å²) in [6, 6.07) is 0. The maximum atomic E-state index is 10.9. The normalized spacial score (nSPS) is 9.00. The predicted molar refractivity (Wildman–Crippen MR) is 51.5 cm³/mol. The summed E-state index contributed by atoms with van der Waals surface area (Å²) in [4.78, 5) is 21.7. The molecule has 0 aliphatic rings. The summed E-state index contributed by atoms with van der Waals surface area (Å²) in [5.41, 5.74) is 0.607. The highest BCUT2D eigenvalue weighted by atomic mass is 16.5. The van der Waals surface area contributed by atoms with E-state index >= 15 is 0 Å².